The molecule has 2 aliphatic rings. The molecule has 0 amide bonds. The quantitative estimate of drug-likeness (QED) is 0.434. The third-order valence-corrected chi connectivity index (χ3v) is 5.75. The monoisotopic (exact) mass is 492 g/mol. The van der Waals surface area contributed by atoms with Crippen LogP contribution in [0.5, 0.6) is 0 Å². The largest absolute Gasteiger partial charge is 0.738 e. The minimum Gasteiger partial charge on any atom is -0.389 e. The van der Waals surface area contributed by atoms with Crippen LogP contribution in [0.4, 0.5) is 8.63 Å². The van der Waals surface area contributed by atoms with Crippen LogP contribution in [0.15, 0.2) is 52.8 Å². The fourth-order valence-corrected chi connectivity index (χ4v) is 4.79. The number of nitrogens with zero attached hydrogens (tertiary/aromatic N) is 2. The maximum atomic E-state index is 15.1. The lowest BCUT2D eigenvalue weighted by atomic mass is 9.86. The van der Waals surface area contributed by atoms with Crippen LogP contribution in [-0.2, 0) is 0 Å². The normalized spacial score (nSPS) is 18.2. The molecule has 0 bridgehead atoms. The van der Waals surface area contributed by atoms with Gasteiger partial charge < -0.3 is 17.6 Å². The summed E-state index contributed by atoms with van der Waals surface area (Å²) in [5.74, 6) is 0. The van der Waals surface area contributed by atoms with Crippen LogP contribution in [0.25, 0.3) is 5.57 Å². The van der Waals surface area contributed by atoms with E-state index >= 15 is 8.63 Å². The molecule has 2 aliphatic heterocycles. The van der Waals surface area contributed by atoms with Gasteiger partial charge in [0.25, 0.3) is 0 Å². The Morgan fingerprint density at radius 1 is 1.00 bits per heavy atom. The van der Waals surface area contributed by atoms with Gasteiger partial charge >= 0.3 is 6.97 Å². The average molecular weight is 495 g/mol. The van der Waals surface area contributed by atoms with Crippen LogP contribution >= 0.6 is 55.1 Å². The molecule has 2 nitrogen and oxygen atoms in total. The lowest BCUT2D eigenvalue weighted by Gasteiger charge is -2.32. The molecule has 4 rings (SSSR count). The summed E-state index contributed by atoms with van der Waals surface area (Å²) in [5.41, 5.74) is 2.13. The van der Waals surface area contributed by atoms with Gasteiger partial charge in [-0.05, 0) is 51.8 Å². The van der Waals surface area contributed by atoms with Gasteiger partial charge in [0.2, 0.25) is 4.62 Å². The molecule has 0 atom stereocenters. The highest BCUT2D eigenvalue weighted by molar-refractivity contribution is 9.18. The van der Waals surface area contributed by atoms with Crippen molar-refractivity contribution in [3.63, 3.8) is 0 Å². The summed E-state index contributed by atoms with van der Waals surface area (Å²) in [4.78, 5) is 0. The summed E-state index contributed by atoms with van der Waals surface area (Å²) in [5, 5.41) is 0.893. The summed E-state index contributed by atoms with van der Waals surface area (Å²) in [7, 11) is 0. The number of rotatable bonds is 1. The van der Waals surface area contributed by atoms with Crippen LogP contribution < -0.4 is 0 Å². The molecular weight excluding hydrogens is 488 g/mol. The van der Waals surface area contributed by atoms with E-state index in [4.69, 9.17) is 23.2 Å². The first-order chi connectivity index (χ1) is 11.3. The van der Waals surface area contributed by atoms with Crippen molar-refractivity contribution in [3.05, 3.63) is 74.1 Å². The van der Waals surface area contributed by atoms with Crippen LogP contribution in [0.2, 0.25) is 10.0 Å². The summed E-state index contributed by atoms with van der Waals surface area (Å²) >= 11 is 18.7. The molecule has 1 aromatic heterocycles. The number of aromatic nitrogens is 1. The van der Waals surface area contributed by atoms with Gasteiger partial charge in [-0.3, -0.25) is 0 Å². The fraction of sp³-hybridized carbons (Fsp3) is 0. The Balaban J connectivity index is 2.12. The Kier molecular flexibility index (Phi) is 3.84. The smallest absolute Gasteiger partial charge is 0.389 e. The Morgan fingerprint density at radius 2 is 1.67 bits per heavy atom. The molecule has 0 spiro atoms. The highest BCUT2D eigenvalue weighted by Crippen LogP contribution is 2.42. The Morgan fingerprint density at radius 3 is 2.33 bits per heavy atom. The van der Waals surface area contributed by atoms with Crippen molar-refractivity contribution in [2.45, 2.75) is 0 Å². The van der Waals surface area contributed by atoms with Crippen LogP contribution in [0.3, 0.4) is 0 Å². The molecule has 0 saturated heterocycles. The number of allylic oxidation sites excluding steroid dienone is 2. The highest BCUT2D eigenvalue weighted by Gasteiger charge is 2.54. The molecule has 1 aromatic carbocycles. The van der Waals surface area contributed by atoms with Crippen LogP contribution in [0, 0.1) is 0 Å². The van der Waals surface area contributed by atoms with E-state index in [1.54, 1.807) is 42.5 Å². The lowest BCUT2D eigenvalue weighted by molar-refractivity contribution is -0.358. The van der Waals surface area contributed by atoms with Crippen molar-refractivity contribution < 1.29 is 13.1 Å². The first kappa shape index (κ1) is 16.6. The van der Waals surface area contributed by atoms with Crippen molar-refractivity contribution in [1.29, 1.82) is 0 Å². The zero-order chi connectivity index (χ0) is 17.2. The van der Waals surface area contributed by atoms with Gasteiger partial charge in [0.1, 0.15) is 0 Å². The molecule has 0 aliphatic carbocycles. The van der Waals surface area contributed by atoms with E-state index in [0.29, 0.717) is 41.8 Å². The van der Waals surface area contributed by atoms with E-state index < -0.39 is 6.97 Å². The highest BCUT2D eigenvalue weighted by atomic mass is 79.9. The Bertz CT molecular complexity index is 975. The molecule has 24 heavy (non-hydrogen) atoms. The van der Waals surface area contributed by atoms with E-state index in [1.165, 1.54) is 0 Å². The zero-order valence-corrected chi connectivity index (χ0v) is 16.5. The van der Waals surface area contributed by atoms with E-state index in [1.807, 2.05) is 0 Å². The second kappa shape index (κ2) is 5.56. The van der Waals surface area contributed by atoms with Gasteiger partial charge in [0.05, 0.1) is 10.2 Å². The third kappa shape index (κ3) is 2.29. The van der Waals surface area contributed by atoms with E-state index in [9.17, 15) is 0 Å². The molecular formula is C15H7BBr2Cl2F2N2. The van der Waals surface area contributed by atoms with Gasteiger partial charge in [0, 0.05) is 43.8 Å². The number of hydrogen-bond acceptors (Lipinski definition) is 0. The standard InChI is InChI=1S/C15H7BBr2Cl2F2N2/c17-13-3-1-11-15(8-5-9(19)7-10(20)6-8)12-2-4-14(18)24(12)16(21,22)23(11)13/h1-7H. The molecule has 0 unspecified atom stereocenters. The molecule has 0 N–H and O–H groups in total. The topological polar surface area (TPSA) is 7.94 Å². The van der Waals surface area contributed by atoms with Crippen molar-refractivity contribution in [2.24, 2.45) is 0 Å². The summed E-state index contributed by atoms with van der Waals surface area (Å²) in [6.07, 6.45) is 3.27. The van der Waals surface area contributed by atoms with Gasteiger partial charge in [-0.2, -0.15) is 0 Å². The molecule has 3 heterocycles. The summed E-state index contributed by atoms with van der Waals surface area (Å²) in [6.45, 7) is -4.03. The fourth-order valence-electron chi connectivity index (χ4n) is 3.13. The Labute approximate surface area is 163 Å². The van der Waals surface area contributed by atoms with E-state index in [-0.39, 0.29) is 0 Å². The number of fused-ring (bicyclic) bond motifs is 2. The second-order valence-electron chi connectivity index (χ2n) is 5.44. The van der Waals surface area contributed by atoms with Crippen molar-refractivity contribution in [1.82, 2.24) is 4.48 Å². The van der Waals surface area contributed by atoms with E-state index in [0.717, 1.165) is 8.96 Å². The van der Waals surface area contributed by atoms with Crippen molar-refractivity contribution in [2.75, 3.05) is 0 Å². The SMILES string of the molecule is F[B-]1(F)n2c(Br)ccc2C(c2cc(Cl)cc(Cl)c2)=C2C=CC(Br)=[N+]21. The van der Waals surface area contributed by atoms with Gasteiger partial charge in [-0.15, -0.1) is 0 Å². The molecule has 0 saturated carbocycles. The summed E-state index contributed by atoms with van der Waals surface area (Å²) in [6, 6.07) is 8.32. The number of benzene rings is 1. The average Bonchev–Trinajstić information content (AvgIpc) is 3.03. The molecule has 2 aromatic rings. The molecule has 9 heteroatoms. The third-order valence-electron chi connectivity index (χ3n) is 4.02. The predicted octanol–water partition coefficient (Wildman–Crippen LogP) is 5.93. The zero-order valence-electron chi connectivity index (χ0n) is 11.8. The van der Waals surface area contributed by atoms with Crippen LogP contribution in [0.1, 0.15) is 11.3 Å². The van der Waals surface area contributed by atoms with Gasteiger partial charge in [-0.25, -0.2) is 0 Å². The molecule has 0 radical (unpaired) electrons. The number of halogens is 6. The molecule has 0 fully saturated rings. The van der Waals surface area contributed by atoms with Gasteiger partial charge in [0.15, 0.2) is 5.70 Å². The summed E-state index contributed by atoms with van der Waals surface area (Å²) < 4.78 is 32.8. The minimum absolute atomic E-state index is 0.305. The number of hydrogen-bond donors (Lipinski definition) is 0. The first-order valence-electron chi connectivity index (χ1n) is 6.91. The van der Waals surface area contributed by atoms with Crippen LogP contribution in [-0.4, -0.2) is 20.6 Å². The van der Waals surface area contributed by atoms with Crippen molar-refractivity contribution >= 4 is 72.2 Å². The minimum atomic E-state index is -4.03. The first-order valence-corrected chi connectivity index (χ1v) is 9.25. The van der Waals surface area contributed by atoms with E-state index in [2.05, 4.69) is 31.9 Å². The predicted molar refractivity (Wildman–Crippen MR) is 101 cm³/mol. The maximum Gasteiger partial charge on any atom is 0.738 e. The maximum absolute atomic E-state index is 15.1. The van der Waals surface area contributed by atoms with Crippen molar-refractivity contribution in [3.8, 4) is 0 Å². The lowest BCUT2D eigenvalue weighted by Crippen LogP contribution is -2.50. The second-order valence-corrected chi connectivity index (χ2v) is 7.94. The Hall–Kier alpha value is -0.885. The van der Waals surface area contributed by atoms with Gasteiger partial charge in [-0.1, -0.05) is 23.2 Å². The molecule has 122 valence electrons.